The van der Waals surface area contributed by atoms with Crippen LogP contribution in [0.25, 0.3) is 0 Å². The summed E-state index contributed by atoms with van der Waals surface area (Å²) < 4.78 is 12.1. The summed E-state index contributed by atoms with van der Waals surface area (Å²) in [4.78, 5) is 45.0. The van der Waals surface area contributed by atoms with E-state index in [0.29, 0.717) is 19.4 Å². The Hall–Kier alpha value is -2.97. The van der Waals surface area contributed by atoms with Crippen LogP contribution in [0.3, 0.4) is 0 Å². The molecule has 1 N–H and O–H groups in total. The van der Waals surface area contributed by atoms with Gasteiger partial charge in [-0.1, -0.05) is 62.9 Å². The predicted octanol–water partition coefficient (Wildman–Crippen LogP) is 2.71. The van der Waals surface area contributed by atoms with Crippen LogP contribution in [0.4, 0.5) is 0 Å². The molecule has 0 aromatic heterocycles. The Morgan fingerprint density at radius 2 is 2.00 bits per heavy atom. The molecule has 2 amide bonds. The van der Waals surface area contributed by atoms with Crippen molar-refractivity contribution in [1.82, 2.24) is 9.80 Å². The Bertz CT molecular complexity index is 1060. The standard InChI is InChI=1S/C29H38N2O6/c1-6-14-30(17-20-12-10-9-11-13-20)26(34)24-29-16-19(4)28(5,37-29)23(27(35)36-15-7-2)22(29)25(33)31(24)21(8-3)18-32/h6-7,9-13,19,21-24,32H,1-2,8,14-18H2,3-5H3/t19?,21-,22-,23+,24?,28-,29?/m0/s1. The Labute approximate surface area is 218 Å². The van der Waals surface area contributed by atoms with Crippen LogP contribution in [0.5, 0.6) is 0 Å². The lowest BCUT2D eigenvalue weighted by molar-refractivity contribution is -0.163. The topological polar surface area (TPSA) is 96.4 Å². The predicted molar refractivity (Wildman–Crippen MR) is 138 cm³/mol. The van der Waals surface area contributed by atoms with Gasteiger partial charge < -0.3 is 24.4 Å². The molecule has 0 aliphatic carbocycles. The van der Waals surface area contributed by atoms with E-state index < -0.39 is 41.1 Å². The number of aliphatic hydroxyl groups is 1. The molecule has 1 aromatic rings. The summed E-state index contributed by atoms with van der Waals surface area (Å²) in [5, 5.41) is 10.2. The molecular weight excluding hydrogens is 472 g/mol. The van der Waals surface area contributed by atoms with E-state index in [1.165, 1.54) is 11.0 Å². The lowest BCUT2D eigenvalue weighted by atomic mass is 9.62. The van der Waals surface area contributed by atoms with E-state index in [1.807, 2.05) is 51.1 Å². The molecule has 0 radical (unpaired) electrons. The number of rotatable bonds is 11. The van der Waals surface area contributed by atoms with E-state index in [1.54, 1.807) is 11.0 Å². The summed E-state index contributed by atoms with van der Waals surface area (Å²) in [5.41, 5.74) is -1.20. The summed E-state index contributed by atoms with van der Waals surface area (Å²) in [6.45, 7) is 13.5. The highest BCUT2D eigenvalue weighted by molar-refractivity contribution is 5.98. The quantitative estimate of drug-likeness (QED) is 0.363. The number of amides is 2. The maximum absolute atomic E-state index is 14.4. The van der Waals surface area contributed by atoms with E-state index in [-0.39, 0.29) is 37.5 Å². The van der Waals surface area contributed by atoms with E-state index in [4.69, 9.17) is 9.47 Å². The summed E-state index contributed by atoms with van der Waals surface area (Å²) in [5.74, 6) is -2.96. The van der Waals surface area contributed by atoms with E-state index in [2.05, 4.69) is 13.2 Å². The zero-order valence-corrected chi connectivity index (χ0v) is 22.0. The van der Waals surface area contributed by atoms with Crippen LogP contribution < -0.4 is 0 Å². The van der Waals surface area contributed by atoms with Crippen molar-refractivity contribution in [3.8, 4) is 0 Å². The van der Waals surface area contributed by atoms with Gasteiger partial charge in [0.2, 0.25) is 11.8 Å². The first-order chi connectivity index (χ1) is 17.7. The van der Waals surface area contributed by atoms with Gasteiger partial charge in [-0.25, -0.2) is 0 Å². The smallest absolute Gasteiger partial charge is 0.313 e. The van der Waals surface area contributed by atoms with Gasteiger partial charge in [0.05, 0.1) is 24.2 Å². The van der Waals surface area contributed by atoms with Crippen LogP contribution in [0, 0.1) is 17.8 Å². The van der Waals surface area contributed by atoms with Crippen molar-refractivity contribution < 1.29 is 29.0 Å². The van der Waals surface area contributed by atoms with Gasteiger partial charge in [-0.05, 0) is 31.2 Å². The van der Waals surface area contributed by atoms with Gasteiger partial charge >= 0.3 is 5.97 Å². The highest BCUT2D eigenvalue weighted by atomic mass is 16.6. The molecule has 8 heteroatoms. The Morgan fingerprint density at radius 1 is 1.30 bits per heavy atom. The number of aliphatic hydroxyl groups excluding tert-OH is 1. The van der Waals surface area contributed by atoms with Crippen molar-refractivity contribution in [2.45, 2.75) is 63.4 Å². The second-order valence-electron chi connectivity index (χ2n) is 10.6. The number of nitrogens with zero attached hydrogens (tertiary/aromatic N) is 2. The van der Waals surface area contributed by atoms with Crippen molar-refractivity contribution in [2.24, 2.45) is 17.8 Å². The monoisotopic (exact) mass is 510 g/mol. The Kier molecular flexibility index (Phi) is 7.62. The third-order valence-corrected chi connectivity index (χ3v) is 8.54. The molecular formula is C29H38N2O6. The van der Waals surface area contributed by atoms with Gasteiger partial charge in [-0.3, -0.25) is 14.4 Å². The summed E-state index contributed by atoms with van der Waals surface area (Å²) in [6.07, 6.45) is 4.05. The van der Waals surface area contributed by atoms with Crippen molar-refractivity contribution in [3.05, 3.63) is 61.2 Å². The van der Waals surface area contributed by atoms with Gasteiger partial charge in [0.25, 0.3) is 0 Å². The van der Waals surface area contributed by atoms with Gasteiger partial charge in [0.1, 0.15) is 24.2 Å². The zero-order chi connectivity index (χ0) is 27.0. The first-order valence-electron chi connectivity index (χ1n) is 13.0. The maximum atomic E-state index is 14.4. The van der Waals surface area contributed by atoms with Crippen molar-refractivity contribution >= 4 is 17.8 Å². The molecule has 37 heavy (non-hydrogen) atoms. The van der Waals surface area contributed by atoms with Crippen LogP contribution in [0.1, 0.15) is 39.2 Å². The van der Waals surface area contributed by atoms with Crippen LogP contribution in [-0.2, 0) is 30.4 Å². The lowest BCUT2D eigenvalue weighted by Crippen LogP contribution is -2.58. The van der Waals surface area contributed by atoms with E-state index in [9.17, 15) is 19.5 Å². The average molecular weight is 511 g/mol. The number of carbonyl (C=O) groups is 3. The van der Waals surface area contributed by atoms with Crippen molar-refractivity contribution in [3.63, 3.8) is 0 Å². The highest BCUT2D eigenvalue weighted by Crippen LogP contribution is 2.65. The first kappa shape index (κ1) is 27.1. The fourth-order valence-corrected chi connectivity index (χ4v) is 6.72. The fourth-order valence-electron chi connectivity index (χ4n) is 6.72. The number of hydrogen-bond acceptors (Lipinski definition) is 6. The molecule has 7 atom stereocenters. The second kappa shape index (κ2) is 10.4. The molecule has 0 saturated carbocycles. The zero-order valence-electron chi connectivity index (χ0n) is 22.0. The second-order valence-corrected chi connectivity index (χ2v) is 10.6. The molecule has 4 rings (SSSR count). The van der Waals surface area contributed by atoms with Crippen molar-refractivity contribution in [1.29, 1.82) is 0 Å². The molecule has 3 aliphatic rings. The normalized spacial score (nSPS) is 32.6. The largest absolute Gasteiger partial charge is 0.461 e. The van der Waals surface area contributed by atoms with Gasteiger partial charge in [-0.2, -0.15) is 0 Å². The maximum Gasteiger partial charge on any atom is 0.313 e. The molecule has 3 saturated heterocycles. The average Bonchev–Trinajstić information content (AvgIpc) is 3.40. The number of benzene rings is 1. The van der Waals surface area contributed by atoms with E-state index in [0.717, 1.165) is 5.56 Å². The fraction of sp³-hybridized carbons (Fsp3) is 0.552. The van der Waals surface area contributed by atoms with Gasteiger partial charge in [0, 0.05) is 13.1 Å². The molecule has 3 unspecified atom stereocenters. The minimum absolute atomic E-state index is 0.0260. The Balaban J connectivity index is 1.81. The molecule has 3 heterocycles. The SMILES string of the molecule is C=CCOC(=O)[C@H]1[C@H]2C(=O)N([C@@H](CC)CO)C(C(=O)N(CC=C)Cc3ccccc3)C23CC(C)[C@]1(C)O3. The van der Waals surface area contributed by atoms with Crippen LogP contribution in [-0.4, -0.2) is 75.7 Å². The molecule has 8 nitrogen and oxygen atoms in total. The lowest BCUT2D eigenvalue weighted by Gasteiger charge is -2.39. The van der Waals surface area contributed by atoms with Gasteiger partial charge in [-0.15, -0.1) is 6.58 Å². The number of ether oxygens (including phenoxy) is 2. The van der Waals surface area contributed by atoms with Gasteiger partial charge in [0.15, 0.2) is 0 Å². The minimum Gasteiger partial charge on any atom is -0.461 e. The third-order valence-electron chi connectivity index (χ3n) is 8.54. The molecule has 2 bridgehead atoms. The number of likely N-dealkylation sites (tertiary alicyclic amines) is 1. The third kappa shape index (κ3) is 4.20. The Morgan fingerprint density at radius 3 is 2.59 bits per heavy atom. The number of fused-ring (bicyclic) bond motifs is 1. The molecule has 1 aromatic carbocycles. The molecule has 200 valence electrons. The van der Waals surface area contributed by atoms with Crippen LogP contribution in [0.15, 0.2) is 55.6 Å². The molecule has 1 spiro atoms. The number of hydrogen-bond donors (Lipinski definition) is 1. The summed E-state index contributed by atoms with van der Waals surface area (Å²) in [6, 6.07) is 8.05. The van der Waals surface area contributed by atoms with Crippen LogP contribution in [0.2, 0.25) is 0 Å². The first-order valence-corrected chi connectivity index (χ1v) is 13.0. The van der Waals surface area contributed by atoms with Crippen molar-refractivity contribution in [2.75, 3.05) is 19.8 Å². The molecule has 3 aliphatic heterocycles. The number of esters is 1. The molecule has 3 fully saturated rings. The number of carbonyl (C=O) groups excluding carboxylic acids is 3. The van der Waals surface area contributed by atoms with E-state index >= 15 is 0 Å². The minimum atomic E-state index is -1.20. The van der Waals surface area contributed by atoms with Crippen LogP contribution >= 0.6 is 0 Å². The highest BCUT2D eigenvalue weighted by Gasteiger charge is 2.80. The summed E-state index contributed by atoms with van der Waals surface area (Å²) >= 11 is 0. The summed E-state index contributed by atoms with van der Waals surface area (Å²) in [7, 11) is 0.